The molecule has 2 aliphatic heterocycles. The number of nitrogens with zero attached hydrogens (tertiary/aromatic N) is 2. The number of carbonyl (C=O) groups excluding carboxylic acids is 1. The van der Waals surface area contributed by atoms with Crippen molar-refractivity contribution in [3.63, 3.8) is 0 Å². The summed E-state index contributed by atoms with van der Waals surface area (Å²) in [4.78, 5) is 17.1. The highest BCUT2D eigenvalue weighted by atomic mass is 35.5. The Balaban J connectivity index is 1.35. The van der Waals surface area contributed by atoms with Crippen LogP contribution in [0.2, 0.25) is 5.02 Å². The van der Waals surface area contributed by atoms with Gasteiger partial charge >= 0.3 is 0 Å². The van der Waals surface area contributed by atoms with Gasteiger partial charge in [-0.25, -0.2) is 0 Å². The van der Waals surface area contributed by atoms with Gasteiger partial charge in [0.15, 0.2) is 11.5 Å². The average Bonchev–Trinajstić information content (AvgIpc) is 3.00. The second-order valence-corrected chi connectivity index (χ2v) is 7.98. The maximum Gasteiger partial charge on any atom is 0.253 e. The first-order valence-corrected chi connectivity index (χ1v) is 10.7. The SMILES string of the molecule is CCc1ccc(C(=O)N2CCN(Cc3cc(Cl)c4c(c3)OCCCO4)CC2)cc1. The van der Waals surface area contributed by atoms with Gasteiger partial charge in [-0.2, -0.15) is 0 Å². The van der Waals surface area contributed by atoms with E-state index in [1.807, 2.05) is 41.3 Å². The highest BCUT2D eigenvalue weighted by Crippen LogP contribution is 2.38. The van der Waals surface area contributed by atoms with Gasteiger partial charge in [0.25, 0.3) is 5.91 Å². The molecule has 1 amide bonds. The van der Waals surface area contributed by atoms with Crippen molar-refractivity contribution in [1.29, 1.82) is 0 Å². The summed E-state index contributed by atoms with van der Waals surface area (Å²) in [6.45, 7) is 7.31. The molecule has 0 N–H and O–H groups in total. The monoisotopic (exact) mass is 414 g/mol. The van der Waals surface area contributed by atoms with Gasteiger partial charge in [-0.3, -0.25) is 9.69 Å². The first-order valence-electron chi connectivity index (χ1n) is 10.3. The fourth-order valence-electron chi connectivity index (χ4n) is 3.81. The largest absolute Gasteiger partial charge is 0.489 e. The number of fused-ring (bicyclic) bond motifs is 1. The van der Waals surface area contributed by atoms with Crippen LogP contribution in [-0.2, 0) is 13.0 Å². The van der Waals surface area contributed by atoms with E-state index in [0.717, 1.165) is 62.4 Å². The Hall–Kier alpha value is -2.24. The van der Waals surface area contributed by atoms with Crippen LogP contribution in [0, 0.1) is 0 Å². The van der Waals surface area contributed by atoms with Gasteiger partial charge in [0.1, 0.15) is 0 Å². The van der Waals surface area contributed by atoms with Crippen molar-refractivity contribution in [3.05, 3.63) is 58.1 Å². The standard InChI is InChI=1S/C23H27ClN2O3/c1-2-17-4-6-19(7-5-17)23(27)26-10-8-25(9-11-26)16-18-14-20(24)22-21(15-18)28-12-3-13-29-22/h4-7,14-15H,2-3,8-13,16H2,1H3. The lowest BCUT2D eigenvalue weighted by atomic mass is 10.1. The van der Waals surface area contributed by atoms with E-state index in [-0.39, 0.29) is 5.91 Å². The molecule has 5 nitrogen and oxygen atoms in total. The molecule has 0 spiro atoms. The van der Waals surface area contributed by atoms with Gasteiger partial charge in [0.05, 0.1) is 18.2 Å². The van der Waals surface area contributed by atoms with Crippen LogP contribution in [0.1, 0.15) is 34.8 Å². The molecule has 2 aromatic rings. The van der Waals surface area contributed by atoms with Crippen LogP contribution < -0.4 is 9.47 Å². The van der Waals surface area contributed by atoms with Crippen molar-refractivity contribution in [2.45, 2.75) is 26.3 Å². The zero-order valence-corrected chi connectivity index (χ0v) is 17.6. The molecular weight excluding hydrogens is 388 g/mol. The molecule has 0 radical (unpaired) electrons. The quantitative estimate of drug-likeness (QED) is 0.757. The molecule has 2 heterocycles. The van der Waals surface area contributed by atoms with Gasteiger partial charge in [0.2, 0.25) is 0 Å². The van der Waals surface area contributed by atoms with E-state index in [0.29, 0.717) is 24.0 Å². The summed E-state index contributed by atoms with van der Waals surface area (Å²) in [5.41, 5.74) is 3.12. The Morgan fingerprint density at radius 1 is 1.00 bits per heavy atom. The van der Waals surface area contributed by atoms with Crippen LogP contribution >= 0.6 is 11.6 Å². The van der Waals surface area contributed by atoms with Crippen LogP contribution in [-0.4, -0.2) is 55.1 Å². The molecule has 1 fully saturated rings. The summed E-state index contributed by atoms with van der Waals surface area (Å²) in [5.74, 6) is 1.50. The first-order chi connectivity index (χ1) is 14.1. The van der Waals surface area contributed by atoms with Crippen molar-refractivity contribution < 1.29 is 14.3 Å². The molecule has 6 heteroatoms. The fourth-order valence-corrected chi connectivity index (χ4v) is 4.10. The molecule has 0 bridgehead atoms. The average molecular weight is 415 g/mol. The fraction of sp³-hybridized carbons (Fsp3) is 0.435. The molecule has 0 aliphatic carbocycles. The molecule has 154 valence electrons. The highest BCUT2D eigenvalue weighted by molar-refractivity contribution is 6.32. The molecule has 0 unspecified atom stereocenters. The van der Waals surface area contributed by atoms with Crippen molar-refractivity contribution >= 4 is 17.5 Å². The van der Waals surface area contributed by atoms with E-state index >= 15 is 0 Å². The van der Waals surface area contributed by atoms with Gasteiger partial charge in [-0.1, -0.05) is 30.7 Å². The summed E-state index contributed by atoms with van der Waals surface area (Å²) in [6.07, 6.45) is 1.84. The minimum Gasteiger partial charge on any atom is -0.489 e. The zero-order valence-electron chi connectivity index (χ0n) is 16.8. The number of aryl methyl sites for hydroxylation is 1. The Kier molecular flexibility index (Phi) is 6.26. The molecule has 0 saturated carbocycles. The minimum atomic E-state index is 0.117. The molecule has 1 saturated heterocycles. The van der Waals surface area contributed by atoms with Gasteiger partial charge in [-0.15, -0.1) is 0 Å². The number of hydrogen-bond acceptors (Lipinski definition) is 4. The number of piperazine rings is 1. The maximum absolute atomic E-state index is 12.8. The van der Waals surface area contributed by atoms with Gasteiger partial charge < -0.3 is 14.4 Å². The van der Waals surface area contributed by atoms with Crippen LogP contribution in [0.3, 0.4) is 0 Å². The molecule has 2 aliphatic rings. The van der Waals surface area contributed by atoms with Crippen LogP contribution in [0.15, 0.2) is 36.4 Å². The first kappa shape index (κ1) is 20.0. The van der Waals surface area contributed by atoms with E-state index < -0.39 is 0 Å². The van der Waals surface area contributed by atoms with Gasteiger partial charge in [0, 0.05) is 44.7 Å². The summed E-state index contributed by atoms with van der Waals surface area (Å²) in [7, 11) is 0. The predicted octanol–water partition coefficient (Wildman–Crippen LogP) is 4.02. The lowest BCUT2D eigenvalue weighted by molar-refractivity contribution is 0.0628. The van der Waals surface area contributed by atoms with Crippen LogP contribution in [0.5, 0.6) is 11.5 Å². The molecular formula is C23H27ClN2O3. The van der Waals surface area contributed by atoms with E-state index in [1.165, 1.54) is 5.56 Å². The lowest BCUT2D eigenvalue weighted by Crippen LogP contribution is -2.48. The predicted molar refractivity (Wildman–Crippen MR) is 114 cm³/mol. The number of amides is 1. The number of halogens is 1. The van der Waals surface area contributed by atoms with Crippen LogP contribution in [0.4, 0.5) is 0 Å². The number of hydrogen-bond donors (Lipinski definition) is 0. The Morgan fingerprint density at radius 3 is 2.45 bits per heavy atom. The van der Waals surface area contributed by atoms with Crippen molar-refractivity contribution in [1.82, 2.24) is 9.80 Å². The molecule has 2 aromatic carbocycles. The Morgan fingerprint density at radius 2 is 1.72 bits per heavy atom. The van der Waals surface area contributed by atoms with E-state index in [4.69, 9.17) is 21.1 Å². The second-order valence-electron chi connectivity index (χ2n) is 7.57. The molecule has 29 heavy (non-hydrogen) atoms. The molecule has 4 rings (SSSR count). The Labute approximate surface area is 177 Å². The minimum absolute atomic E-state index is 0.117. The third kappa shape index (κ3) is 4.68. The number of carbonyl (C=O) groups is 1. The third-order valence-corrected chi connectivity index (χ3v) is 5.82. The smallest absolute Gasteiger partial charge is 0.253 e. The summed E-state index contributed by atoms with van der Waals surface area (Å²) >= 11 is 6.42. The maximum atomic E-state index is 12.8. The van der Waals surface area contributed by atoms with E-state index in [9.17, 15) is 4.79 Å². The number of ether oxygens (including phenoxy) is 2. The lowest BCUT2D eigenvalue weighted by Gasteiger charge is -2.35. The van der Waals surface area contributed by atoms with Crippen molar-refractivity contribution in [2.24, 2.45) is 0 Å². The van der Waals surface area contributed by atoms with Gasteiger partial charge in [-0.05, 0) is 41.8 Å². The summed E-state index contributed by atoms with van der Waals surface area (Å²) < 4.78 is 11.5. The molecule has 0 aromatic heterocycles. The Bertz CT molecular complexity index is 861. The number of rotatable bonds is 4. The van der Waals surface area contributed by atoms with E-state index in [1.54, 1.807) is 0 Å². The van der Waals surface area contributed by atoms with Crippen molar-refractivity contribution in [2.75, 3.05) is 39.4 Å². The third-order valence-electron chi connectivity index (χ3n) is 5.54. The summed E-state index contributed by atoms with van der Waals surface area (Å²) in [5, 5.41) is 0.601. The topological polar surface area (TPSA) is 42.0 Å². The second kappa shape index (κ2) is 9.06. The zero-order chi connectivity index (χ0) is 20.2. The highest BCUT2D eigenvalue weighted by Gasteiger charge is 2.23. The van der Waals surface area contributed by atoms with Crippen LogP contribution in [0.25, 0.3) is 0 Å². The summed E-state index contributed by atoms with van der Waals surface area (Å²) in [6, 6.07) is 11.9. The van der Waals surface area contributed by atoms with Crippen molar-refractivity contribution in [3.8, 4) is 11.5 Å². The number of benzene rings is 2. The molecule has 0 atom stereocenters. The van der Waals surface area contributed by atoms with E-state index in [2.05, 4.69) is 11.8 Å². The normalized spacial score (nSPS) is 17.1.